The average Bonchev–Trinajstić information content (AvgIpc) is 2.46. The van der Waals surface area contributed by atoms with Crippen LogP contribution in [0.2, 0.25) is 0 Å². The van der Waals surface area contributed by atoms with Crippen molar-refractivity contribution in [3.05, 3.63) is 54.6 Å². The second-order valence-electron chi connectivity index (χ2n) is 4.69. The van der Waals surface area contributed by atoms with Crippen molar-refractivity contribution >= 4 is 16.6 Å². The molecule has 1 aromatic heterocycles. The van der Waals surface area contributed by atoms with Crippen LogP contribution in [0.3, 0.4) is 0 Å². The van der Waals surface area contributed by atoms with Gasteiger partial charge in [-0.25, -0.2) is 4.98 Å². The van der Waals surface area contributed by atoms with Gasteiger partial charge in [-0.3, -0.25) is 0 Å². The number of nitrogen functional groups attached to an aromatic ring is 1. The summed E-state index contributed by atoms with van der Waals surface area (Å²) >= 11 is 0. The van der Waals surface area contributed by atoms with Crippen molar-refractivity contribution in [2.45, 2.75) is 6.36 Å². The van der Waals surface area contributed by atoms with Crippen LogP contribution in [-0.4, -0.2) is 11.3 Å². The summed E-state index contributed by atoms with van der Waals surface area (Å²) in [5.74, 6) is -0.322. The van der Waals surface area contributed by atoms with Gasteiger partial charge in [0.2, 0.25) is 0 Å². The Labute approximate surface area is 124 Å². The zero-order valence-electron chi connectivity index (χ0n) is 11.3. The van der Waals surface area contributed by atoms with Crippen LogP contribution in [0.15, 0.2) is 54.6 Å². The quantitative estimate of drug-likeness (QED) is 0.764. The van der Waals surface area contributed by atoms with Crippen LogP contribution in [0.25, 0.3) is 22.2 Å². The number of aromatic nitrogens is 1. The van der Waals surface area contributed by atoms with Crippen molar-refractivity contribution < 1.29 is 17.9 Å². The molecule has 0 aliphatic carbocycles. The van der Waals surface area contributed by atoms with Gasteiger partial charge < -0.3 is 10.5 Å². The fourth-order valence-electron chi connectivity index (χ4n) is 2.19. The Balaban J connectivity index is 2.11. The molecule has 2 N–H and O–H groups in total. The summed E-state index contributed by atoms with van der Waals surface area (Å²) in [7, 11) is 0. The van der Waals surface area contributed by atoms with Gasteiger partial charge in [-0.15, -0.1) is 13.2 Å². The van der Waals surface area contributed by atoms with Gasteiger partial charge in [-0.05, 0) is 18.2 Å². The van der Waals surface area contributed by atoms with Gasteiger partial charge in [0.25, 0.3) is 0 Å². The molecular formula is C16H11F3N2O. The summed E-state index contributed by atoms with van der Waals surface area (Å²) in [4.78, 5) is 4.37. The first-order chi connectivity index (χ1) is 10.4. The fourth-order valence-corrected chi connectivity index (χ4v) is 2.19. The Morgan fingerprint density at radius 2 is 1.68 bits per heavy atom. The normalized spacial score (nSPS) is 11.6. The third-order valence-corrected chi connectivity index (χ3v) is 3.12. The number of ether oxygens (including phenoxy) is 1. The van der Waals surface area contributed by atoms with Crippen molar-refractivity contribution in [2.24, 2.45) is 0 Å². The van der Waals surface area contributed by atoms with E-state index in [1.54, 1.807) is 6.07 Å². The molecule has 0 saturated carbocycles. The summed E-state index contributed by atoms with van der Waals surface area (Å²) in [5, 5.41) is 0.578. The van der Waals surface area contributed by atoms with E-state index < -0.39 is 6.36 Å². The molecule has 0 atom stereocenters. The Bertz CT molecular complexity index is 817. The molecule has 0 spiro atoms. The number of nitrogens with zero attached hydrogens (tertiary/aromatic N) is 1. The number of hydrogen-bond donors (Lipinski definition) is 1. The molecule has 0 unspecified atom stereocenters. The predicted octanol–water partition coefficient (Wildman–Crippen LogP) is 4.38. The number of rotatable bonds is 2. The maximum atomic E-state index is 12.3. The number of halogens is 3. The van der Waals surface area contributed by atoms with Crippen LogP contribution in [0, 0.1) is 0 Å². The van der Waals surface area contributed by atoms with E-state index in [0.29, 0.717) is 22.3 Å². The number of alkyl halides is 3. The highest BCUT2D eigenvalue weighted by atomic mass is 19.4. The van der Waals surface area contributed by atoms with Crippen molar-refractivity contribution in [3.63, 3.8) is 0 Å². The highest BCUT2D eigenvalue weighted by Gasteiger charge is 2.31. The largest absolute Gasteiger partial charge is 0.573 e. The zero-order chi connectivity index (χ0) is 15.7. The molecule has 0 radical (unpaired) electrons. The number of anilines is 1. The lowest BCUT2D eigenvalue weighted by atomic mass is 10.1. The fraction of sp³-hybridized carbons (Fsp3) is 0.0625. The van der Waals surface area contributed by atoms with Crippen LogP contribution < -0.4 is 10.5 Å². The SMILES string of the molecule is Nc1cc(-c2ccccc2)nc2cc(OC(F)(F)F)ccc12. The van der Waals surface area contributed by atoms with Gasteiger partial charge in [-0.1, -0.05) is 30.3 Å². The van der Waals surface area contributed by atoms with E-state index >= 15 is 0 Å². The second-order valence-corrected chi connectivity index (χ2v) is 4.69. The minimum atomic E-state index is -4.74. The van der Waals surface area contributed by atoms with E-state index in [1.807, 2.05) is 30.3 Å². The van der Waals surface area contributed by atoms with Crippen LogP contribution in [0.1, 0.15) is 0 Å². The third-order valence-electron chi connectivity index (χ3n) is 3.12. The van der Waals surface area contributed by atoms with Gasteiger partial charge in [0, 0.05) is 22.7 Å². The number of pyridine rings is 1. The van der Waals surface area contributed by atoms with Crippen LogP contribution >= 0.6 is 0 Å². The van der Waals surface area contributed by atoms with Crippen molar-refractivity contribution in [1.29, 1.82) is 0 Å². The van der Waals surface area contributed by atoms with Crippen LogP contribution in [-0.2, 0) is 0 Å². The topological polar surface area (TPSA) is 48.1 Å². The summed E-state index contributed by atoms with van der Waals surface area (Å²) in [6, 6.07) is 14.9. The average molecular weight is 304 g/mol. The van der Waals surface area contributed by atoms with Crippen molar-refractivity contribution in [3.8, 4) is 17.0 Å². The molecule has 0 aliphatic rings. The van der Waals surface area contributed by atoms with Crippen molar-refractivity contribution in [1.82, 2.24) is 4.98 Å². The van der Waals surface area contributed by atoms with Crippen molar-refractivity contribution in [2.75, 3.05) is 5.73 Å². The zero-order valence-corrected chi connectivity index (χ0v) is 11.3. The Morgan fingerprint density at radius 1 is 0.955 bits per heavy atom. The molecule has 1 heterocycles. The smallest absolute Gasteiger partial charge is 0.406 e. The molecule has 6 heteroatoms. The van der Waals surface area contributed by atoms with Gasteiger partial charge in [-0.2, -0.15) is 0 Å². The highest BCUT2D eigenvalue weighted by molar-refractivity contribution is 5.93. The van der Waals surface area contributed by atoms with Gasteiger partial charge in [0.05, 0.1) is 11.2 Å². The van der Waals surface area contributed by atoms with E-state index in [9.17, 15) is 13.2 Å². The molecule has 0 aliphatic heterocycles. The molecule has 0 fully saturated rings. The van der Waals surface area contributed by atoms with Gasteiger partial charge >= 0.3 is 6.36 Å². The minimum absolute atomic E-state index is 0.322. The summed E-state index contributed by atoms with van der Waals surface area (Å²) in [5.41, 5.74) is 8.19. The molecule has 22 heavy (non-hydrogen) atoms. The maximum absolute atomic E-state index is 12.3. The van der Waals surface area contributed by atoms with E-state index in [4.69, 9.17) is 5.73 Å². The molecule has 3 nitrogen and oxygen atoms in total. The minimum Gasteiger partial charge on any atom is -0.406 e. The molecule has 2 aromatic carbocycles. The van der Waals surface area contributed by atoms with Gasteiger partial charge in [0.1, 0.15) is 5.75 Å². The number of benzene rings is 2. The lowest BCUT2D eigenvalue weighted by Gasteiger charge is -2.11. The summed E-state index contributed by atoms with van der Waals surface area (Å²) < 4.78 is 40.8. The van der Waals surface area contributed by atoms with E-state index in [1.165, 1.54) is 18.2 Å². The molecular weight excluding hydrogens is 293 g/mol. The summed E-state index contributed by atoms with van der Waals surface area (Å²) in [6.07, 6.45) is -4.74. The Kier molecular flexibility index (Phi) is 3.36. The number of hydrogen-bond acceptors (Lipinski definition) is 3. The van der Waals surface area contributed by atoms with Gasteiger partial charge in [0.15, 0.2) is 0 Å². The first kappa shape index (κ1) is 14.2. The second kappa shape index (κ2) is 5.22. The third kappa shape index (κ3) is 2.95. The first-order valence-electron chi connectivity index (χ1n) is 6.44. The van der Waals surface area contributed by atoms with E-state index in [-0.39, 0.29) is 5.75 Å². The molecule has 0 saturated heterocycles. The lowest BCUT2D eigenvalue weighted by molar-refractivity contribution is -0.274. The predicted molar refractivity (Wildman–Crippen MR) is 78.3 cm³/mol. The monoisotopic (exact) mass is 304 g/mol. The first-order valence-corrected chi connectivity index (χ1v) is 6.44. The molecule has 112 valence electrons. The van der Waals surface area contributed by atoms with E-state index in [0.717, 1.165) is 5.56 Å². The van der Waals surface area contributed by atoms with Crippen LogP contribution in [0.4, 0.5) is 18.9 Å². The van der Waals surface area contributed by atoms with E-state index in [2.05, 4.69) is 9.72 Å². The number of nitrogens with two attached hydrogens (primary N) is 1. The Hall–Kier alpha value is -2.76. The molecule has 0 amide bonds. The standard InChI is InChI=1S/C16H11F3N2O/c17-16(18,19)22-11-6-7-12-13(20)9-14(21-15(12)8-11)10-4-2-1-3-5-10/h1-9H,(H2,20,21). The number of fused-ring (bicyclic) bond motifs is 1. The molecule has 3 aromatic rings. The highest BCUT2D eigenvalue weighted by Crippen LogP contribution is 2.30. The van der Waals surface area contributed by atoms with Crippen LogP contribution in [0.5, 0.6) is 5.75 Å². The summed E-state index contributed by atoms with van der Waals surface area (Å²) in [6.45, 7) is 0. The maximum Gasteiger partial charge on any atom is 0.573 e. The Morgan fingerprint density at radius 3 is 2.36 bits per heavy atom. The molecule has 0 bridgehead atoms. The molecule has 3 rings (SSSR count). The lowest BCUT2D eigenvalue weighted by Crippen LogP contribution is -2.17.